The van der Waals surface area contributed by atoms with E-state index in [-0.39, 0.29) is 34.5 Å². The minimum Gasteiger partial charge on any atom is -0.366 e. The molecule has 1 N–H and O–H groups in total. The molecule has 5 rings (SSSR count). The van der Waals surface area contributed by atoms with E-state index < -0.39 is 0 Å². The summed E-state index contributed by atoms with van der Waals surface area (Å²) in [4.78, 5) is 28.5. The standard InChI is InChI=1S/C22H23ClN4O3/c23-18-3-1-2-4-20(18)25-9-10-26-19-8-7-16(27(29)30)11-14(19)12-17(21(26)13-25)22(28)24-15-5-6-15/h1-4,7-8,11,15,17,21H,5-6,9-10,12-13H2,(H,24,28)/t17-,21+/m0/s1. The van der Waals surface area contributed by atoms with E-state index >= 15 is 0 Å². The Bertz CT molecular complexity index is 1010. The van der Waals surface area contributed by atoms with E-state index in [1.807, 2.05) is 30.3 Å². The highest BCUT2D eigenvalue weighted by Gasteiger charge is 2.43. The van der Waals surface area contributed by atoms with Crippen LogP contribution in [0.25, 0.3) is 0 Å². The number of nitrogens with one attached hydrogen (secondary N) is 1. The molecular formula is C22H23ClN4O3. The number of hydrogen-bond donors (Lipinski definition) is 1. The topological polar surface area (TPSA) is 78.7 Å². The second-order valence-corrected chi connectivity index (χ2v) is 8.73. The van der Waals surface area contributed by atoms with Crippen LogP contribution in [0.5, 0.6) is 0 Å². The second kappa shape index (κ2) is 7.47. The van der Waals surface area contributed by atoms with Gasteiger partial charge in [-0.25, -0.2) is 0 Å². The van der Waals surface area contributed by atoms with Crippen molar-refractivity contribution in [3.8, 4) is 0 Å². The van der Waals surface area contributed by atoms with Crippen molar-refractivity contribution < 1.29 is 9.72 Å². The molecule has 2 aliphatic heterocycles. The van der Waals surface area contributed by atoms with Gasteiger partial charge in [0.15, 0.2) is 0 Å². The maximum absolute atomic E-state index is 13.1. The van der Waals surface area contributed by atoms with E-state index in [1.54, 1.807) is 12.1 Å². The smallest absolute Gasteiger partial charge is 0.269 e. The highest BCUT2D eigenvalue weighted by atomic mass is 35.5. The predicted octanol–water partition coefficient (Wildman–Crippen LogP) is 3.39. The lowest BCUT2D eigenvalue weighted by Gasteiger charge is -2.49. The zero-order valence-electron chi connectivity index (χ0n) is 16.5. The Kier molecular flexibility index (Phi) is 4.77. The van der Waals surface area contributed by atoms with Crippen molar-refractivity contribution in [2.24, 2.45) is 5.92 Å². The zero-order chi connectivity index (χ0) is 20.8. The molecule has 1 saturated carbocycles. The summed E-state index contributed by atoms with van der Waals surface area (Å²) in [5.74, 6) is -0.212. The SMILES string of the molecule is O=C(NC1CC1)[C@H]1Cc2cc([N+](=O)[O-])ccc2N2CCN(c3ccccc3Cl)C[C@H]12. The molecule has 8 heteroatoms. The van der Waals surface area contributed by atoms with Crippen LogP contribution in [0.3, 0.4) is 0 Å². The molecule has 1 amide bonds. The number of nitrogens with zero attached hydrogens (tertiary/aromatic N) is 3. The van der Waals surface area contributed by atoms with E-state index in [1.165, 1.54) is 0 Å². The minimum atomic E-state index is -0.374. The molecule has 1 saturated heterocycles. The van der Waals surface area contributed by atoms with Crippen LogP contribution >= 0.6 is 11.6 Å². The third kappa shape index (κ3) is 3.47. The van der Waals surface area contributed by atoms with Crippen molar-refractivity contribution in [3.63, 3.8) is 0 Å². The summed E-state index contributed by atoms with van der Waals surface area (Å²) < 4.78 is 0. The normalized spacial score (nSPS) is 22.8. The molecule has 2 fully saturated rings. The summed E-state index contributed by atoms with van der Waals surface area (Å²) in [6.07, 6.45) is 2.56. The maximum Gasteiger partial charge on any atom is 0.269 e. The van der Waals surface area contributed by atoms with Crippen molar-refractivity contribution in [2.75, 3.05) is 29.4 Å². The van der Waals surface area contributed by atoms with Crippen LogP contribution in [0.2, 0.25) is 5.02 Å². The summed E-state index contributed by atoms with van der Waals surface area (Å²) in [5, 5.41) is 15.1. The highest BCUT2D eigenvalue weighted by molar-refractivity contribution is 6.33. The molecule has 2 atom stereocenters. The van der Waals surface area contributed by atoms with E-state index in [9.17, 15) is 14.9 Å². The quantitative estimate of drug-likeness (QED) is 0.598. The molecule has 0 unspecified atom stereocenters. The summed E-state index contributed by atoms with van der Waals surface area (Å²) in [7, 11) is 0. The molecule has 7 nitrogen and oxygen atoms in total. The molecule has 156 valence electrons. The zero-order valence-corrected chi connectivity index (χ0v) is 17.2. The molecule has 3 aliphatic rings. The van der Waals surface area contributed by atoms with Crippen molar-refractivity contribution in [2.45, 2.75) is 31.3 Å². The Morgan fingerprint density at radius 2 is 1.93 bits per heavy atom. The van der Waals surface area contributed by atoms with Crippen molar-refractivity contribution in [1.82, 2.24) is 5.32 Å². The van der Waals surface area contributed by atoms with E-state index in [0.29, 0.717) is 18.0 Å². The Morgan fingerprint density at radius 3 is 2.67 bits per heavy atom. The number of hydrogen-bond acceptors (Lipinski definition) is 5. The van der Waals surface area contributed by atoms with Crippen LogP contribution in [0.4, 0.5) is 17.1 Å². The molecule has 2 heterocycles. The van der Waals surface area contributed by atoms with E-state index in [0.717, 1.165) is 42.9 Å². The van der Waals surface area contributed by atoms with Crippen molar-refractivity contribution >= 4 is 34.6 Å². The first-order valence-electron chi connectivity index (χ1n) is 10.3. The second-order valence-electron chi connectivity index (χ2n) is 8.32. The first-order valence-corrected chi connectivity index (χ1v) is 10.7. The molecule has 0 aromatic heterocycles. The molecule has 0 spiro atoms. The summed E-state index contributed by atoms with van der Waals surface area (Å²) >= 11 is 6.44. The van der Waals surface area contributed by atoms with Gasteiger partial charge < -0.3 is 15.1 Å². The number of anilines is 2. The Morgan fingerprint density at radius 1 is 1.13 bits per heavy atom. The van der Waals surface area contributed by atoms with Gasteiger partial charge in [-0.1, -0.05) is 23.7 Å². The van der Waals surface area contributed by atoms with Gasteiger partial charge in [-0.2, -0.15) is 0 Å². The van der Waals surface area contributed by atoms with Gasteiger partial charge in [0.25, 0.3) is 5.69 Å². The largest absolute Gasteiger partial charge is 0.366 e. The van der Waals surface area contributed by atoms with Crippen LogP contribution in [0, 0.1) is 16.0 Å². The van der Waals surface area contributed by atoms with Crippen LogP contribution < -0.4 is 15.1 Å². The fourth-order valence-electron chi connectivity index (χ4n) is 4.69. The van der Waals surface area contributed by atoms with Crippen LogP contribution in [-0.4, -0.2) is 42.5 Å². The first-order chi connectivity index (χ1) is 14.5. The molecule has 2 aromatic carbocycles. The van der Waals surface area contributed by atoms with Crippen LogP contribution in [0.1, 0.15) is 18.4 Å². The molecular weight excluding hydrogens is 404 g/mol. The summed E-state index contributed by atoms with van der Waals surface area (Å²) in [6.45, 7) is 2.18. The number of piperazine rings is 1. The van der Waals surface area contributed by atoms with Gasteiger partial charge in [-0.3, -0.25) is 14.9 Å². The molecule has 0 bridgehead atoms. The van der Waals surface area contributed by atoms with Crippen molar-refractivity contribution in [1.29, 1.82) is 0 Å². The number of benzene rings is 2. The van der Waals surface area contributed by atoms with Gasteiger partial charge in [0, 0.05) is 43.5 Å². The number of non-ortho nitro benzene ring substituents is 1. The fourth-order valence-corrected chi connectivity index (χ4v) is 4.94. The number of para-hydroxylation sites is 1. The number of halogens is 1. The number of rotatable bonds is 4. The molecule has 30 heavy (non-hydrogen) atoms. The van der Waals surface area contributed by atoms with E-state index in [2.05, 4.69) is 15.1 Å². The number of carbonyl (C=O) groups excluding carboxylic acids is 1. The van der Waals surface area contributed by atoms with Crippen LogP contribution in [-0.2, 0) is 11.2 Å². The molecule has 2 aromatic rings. The van der Waals surface area contributed by atoms with E-state index in [4.69, 9.17) is 11.6 Å². The number of carbonyl (C=O) groups is 1. The Hall–Kier alpha value is -2.80. The van der Waals surface area contributed by atoms with Crippen LogP contribution in [0.15, 0.2) is 42.5 Å². The third-order valence-electron chi connectivity index (χ3n) is 6.36. The summed E-state index contributed by atoms with van der Waals surface area (Å²) in [5.41, 5.74) is 2.93. The fraction of sp³-hybridized carbons (Fsp3) is 0.409. The number of nitro groups is 1. The van der Waals surface area contributed by atoms with Gasteiger partial charge in [-0.15, -0.1) is 0 Å². The molecule has 0 radical (unpaired) electrons. The monoisotopic (exact) mass is 426 g/mol. The van der Waals surface area contributed by atoms with Gasteiger partial charge in [0.2, 0.25) is 5.91 Å². The molecule has 1 aliphatic carbocycles. The Balaban J connectivity index is 1.49. The van der Waals surface area contributed by atoms with Gasteiger partial charge in [0.1, 0.15) is 0 Å². The first kappa shape index (κ1) is 19.2. The average Bonchev–Trinajstić information content (AvgIpc) is 3.56. The number of fused-ring (bicyclic) bond motifs is 3. The lowest BCUT2D eigenvalue weighted by molar-refractivity contribution is -0.384. The highest BCUT2D eigenvalue weighted by Crippen LogP contribution is 2.39. The van der Waals surface area contributed by atoms with Gasteiger partial charge in [0.05, 0.1) is 27.6 Å². The third-order valence-corrected chi connectivity index (χ3v) is 6.68. The maximum atomic E-state index is 13.1. The van der Waals surface area contributed by atoms with Crippen molar-refractivity contribution in [3.05, 3.63) is 63.2 Å². The average molecular weight is 427 g/mol. The lowest BCUT2D eigenvalue weighted by atomic mass is 9.83. The number of nitro benzene ring substituents is 1. The minimum absolute atomic E-state index is 0.0114. The van der Waals surface area contributed by atoms with Gasteiger partial charge >= 0.3 is 0 Å². The van der Waals surface area contributed by atoms with Gasteiger partial charge in [-0.05, 0) is 43.0 Å². The predicted molar refractivity (Wildman–Crippen MR) is 116 cm³/mol. The lowest BCUT2D eigenvalue weighted by Crippen LogP contribution is -2.61. The summed E-state index contributed by atoms with van der Waals surface area (Å²) in [6, 6.07) is 13.1. The Labute approximate surface area is 179 Å². The number of amides is 1.